The minimum Gasteiger partial charge on any atom is -0.349 e. The van der Waals surface area contributed by atoms with Crippen LogP contribution in [0, 0.1) is 15.5 Å². The molecule has 0 bridgehead atoms. The second-order valence-electron chi connectivity index (χ2n) is 6.34. The second kappa shape index (κ2) is 6.02. The van der Waals surface area contributed by atoms with Crippen LogP contribution in [0.15, 0.2) is 18.2 Å². The van der Waals surface area contributed by atoms with E-state index in [0.29, 0.717) is 5.41 Å². The van der Waals surface area contributed by atoms with Gasteiger partial charge in [-0.2, -0.15) is 0 Å². The second-order valence-corrected chi connectivity index (χ2v) is 6.74. The fourth-order valence-corrected chi connectivity index (χ4v) is 2.79. The van der Waals surface area contributed by atoms with Gasteiger partial charge in [-0.25, -0.2) is 0 Å². The molecule has 0 spiro atoms. The third kappa shape index (κ3) is 3.94. The molecule has 0 radical (unpaired) electrons. The summed E-state index contributed by atoms with van der Waals surface area (Å²) in [5.74, 6) is -0.278. The van der Waals surface area contributed by atoms with Crippen LogP contribution in [0.4, 0.5) is 5.69 Å². The molecule has 6 heteroatoms. The normalized spacial score (nSPS) is 18.2. The van der Waals surface area contributed by atoms with Crippen LogP contribution in [0.1, 0.15) is 49.9 Å². The third-order valence-corrected chi connectivity index (χ3v) is 4.40. The van der Waals surface area contributed by atoms with Crippen molar-refractivity contribution in [2.75, 3.05) is 0 Å². The van der Waals surface area contributed by atoms with E-state index in [4.69, 9.17) is 11.6 Å². The Kier molecular flexibility index (Phi) is 4.52. The Balaban J connectivity index is 2.04. The van der Waals surface area contributed by atoms with Gasteiger partial charge in [-0.1, -0.05) is 25.4 Å². The fraction of sp³-hybridized carbons (Fsp3) is 0.533. The number of rotatable bonds is 3. The Morgan fingerprint density at radius 2 is 2.00 bits per heavy atom. The summed E-state index contributed by atoms with van der Waals surface area (Å²) in [5, 5.41) is 13.8. The molecule has 1 fully saturated rings. The number of nitro groups is 1. The zero-order chi connectivity index (χ0) is 15.6. The van der Waals surface area contributed by atoms with E-state index in [-0.39, 0.29) is 28.2 Å². The molecule has 5 nitrogen and oxygen atoms in total. The van der Waals surface area contributed by atoms with Crippen molar-refractivity contribution in [2.45, 2.75) is 45.6 Å². The summed E-state index contributed by atoms with van der Waals surface area (Å²) in [7, 11) is 0. The number of hydrogen-bond acceptors (Lipinski definition) is 3. The van der Waals surface area contributed by atoms with Crippen molar-refractivity contribution < 1.29 is 9.72 Å². The SMILES string of the molecule is CC1(C)CCC(NC(=O)c2ccc(Cl)c([N+](=O)[O-])c2)CC1. The van der Waals surface area contributed by atoms with Gasteiger partial charge in [-0.05, 0) is 43.2 Å². The van der Waals surface area contributed by atoms with Gasteiger partial charge in [-0.15, -0.1) is 0 Å². The van der Waals surface area contributed by atoms with Crippen molar-refractivity contribution >= 4 is 23.2 Å². The smallest absolute Gasteiger partial charge is 0.288 e. The summed E-state index contributed by atoms with van der Waals surface area (Å²) < 4.78 is 0. The van der Waals surface area contributed by atoms with Crippen LogP contribution in [0.5, 0.6) is 0 Å². The van der Waals surface area contributed by atoms with Gasteiger partial charge >= 0.3 is 0 Å². The first kappa shape index (κ1) is 15.8. The Bertz CT molecular complexity index is 562. The van der Waals surface area contributed by atoms with E-state index in [9.17, 15) is 14.9 Å². The van der Waals surface area contributed by atoms with Crippen molar-refractivity contribution in [1.82, 2.24) is 5.32 Å². The quantitative estimate of drug-likeness (QED) is 0.678. The molecule has 2 rings (SSSR count). The molecule has 1 saturated carbocycles. The molecule has 1 aliphatic rings. The minimum atomic E-state index is -0.581. The Morgan fingerprint density at radius 1 is 1.38 bits per heavy atom. The Labute approximate surface area is 128 Å². The van der Waals surface area contributed by atoms with Crippen LogP contribution in [0.3, 0.4) is 0 Å². The first-order valence-electron chi connectivity index (χ1n) is 7.03. The number of amides is 1. The molecule has 1 amide bonds. The number of halogens is 1. The standard InChI is InChI=1S/C15H19ClN2O3/c1-15(2)7-5-11(6-8-15)17-14(19)10-3-4-12(16)13(9-10)18(20)21/h3-4,9,11H,5-8H2,1-2H3,(H,17,19). The van der Waals surface area contributed by atoms with E-state index in [1.54, 1.807) is 0 Å². The van der Waals surface area contributed by atoms with Gasteiger partial charge in [0.1, 0.15) is 5.02 Å². The highest BCUT2D eigenvalue weighted by Crippen LogP contribution is 2.35. The summed E-state index contributed by atoms with van der Waals surface area (Å²) in [6.45, 7) is 4.46. The number of hydrogen-bond donors (Lipinski definition) is 1. The van der Waals surface area contributed by atoms with Crippen LogP contribution in [-0.4, -0.2) is 16.9 Å². The lowest BCUT2D eigenvalue weighted by atomic mass is 9.75. The van der Waals surface area contributed by atoms with Gasteiger partial charge in [0, 0.05) is 17.7 Å². The highest BCUT2D eigenvalue weighted by Gasteiger charge is 2.28. The van der Waals surface area contributed by atoms with Crippen molar-refractivity contribution in [2.24, 2.45) is 5.41 Å². The first-order chi connectivity index (χ1) is 9.78. The predicted molar refractivity (Wildman–Crippen MR) is 81.6 cm³/mol. The van der Waals surface area contributed by atoms with E-state index in [1.807, 2.05) is 0 Å². The van der Waals surface area contributed by atoms with Crippen LogP contribution < -0.4 is 5.32 Å². The third-order valence-electron chi connectivity index (χ3n) is 4.08. The summed E-state index contributed by atoms with van der Waals surface area (Å²) in [6, 6.07) is 4.26. The van der Waals surface area contributed by atoms with Gasteiger partial charge in [0.25, 0.3) is 11.6 Å². The largest absolute Gasteiger partial charge is 0.349 e. The number of carbonyl (C=O) groups excluding carboxylic acids is 1. The number of carbonyl (C=O) groups is 1. The van der Waals surface area contributed by atoms with Gasteiger partial charge < -0.3 is 5.32 Å². The van der Waals surface area contributed by atoms with E-state index < -0.39 is 4.92 Å². The van der Waals surface area contributed by atoms with Crippen LogP contribution in [0.25, 0.3) is 0 Å². The molecular weight excluding hydrogens is 292 g/mol. The average molecular weight is 311 g/mol. The molecule has 0 atom stereocenters. The van der Waals surface area contributed by atoms with Crippen molar-refractivity contribution in [3.05, 3.63) is 38.9 Å². The number of nitro benzene ring substituents is 1. The molecule has 1 aliphatic carbocycles. The van der Waals surface area contributed by atoms with Gasteiger partial charge in [-0.3, -0.25) is 14.9 Å². The molecule has 0 saturated heterocycles. The topological polar surface area (TPSA) is 72.2 Å². The molecule has 1 N–H and O–H groups in total. The Morgan fingerprint density at radius 3 is 2.57 bits per heavy atom. The zero-order valence-corrected chi connectivity index (χ0v) is 12.9. The maximum Gasteiger partial charge on any atom is 0.288 e. The van der Waals surface area contributed by atoms with Gasteiger partial charge in [0.2, 0.25) is 0 Å². The monoisotopic (exact) mass is 310 g/mol. The maximum absolute atomic E-state index is 12.2. The highest BCUT2D eigenvalue weighted by atomic mass is 35.5. The van der Waals surface area contributed by atoms with E-state index >= 15 is 0 Å². The summed E-state index contributed by atoms with van der Waals surface area (Å²) in [6.07, 6.45) is 4.01. The van der Waals surface area contributed by atoms with E-state index in [0.717, 1.165) is 25.7 Å². The van der Waals surface area contributed by atoms with Gasteiger partial charge in [0.05, 0.1) is 4.92 Å². The zero-order valence-electron chi connectivity index (χ0n) is 12.2. The molecule has 21 heavy (non-hydrogen) atoms. The molecular formula is C15H19ClN2O3. The molecule has 0 aliphatic heterocycles. The van der Waals surface area contributed by atoms with Crippen molar-refractivity contribution in [3.63, 3.8) is 0 Å². The van der Waals surface area contributed by atoms with Crippen LogP contribution in [-0.2, 0) is 0 Å². The maximum atomic E-state index is 12.2. The van der Waals surface area contributed by atoms with Crippen molar-refractivity contribution in [3.8, 4) is 0 Å². The lowest BCUT2D eigenvalue weighted by Gasteiger charge is -2.34. The molecule has 1 aromatic carbocycles. The lowest BCUT2D eigenvalue weighted by molar-refractivity contribution is -0.384. The average Bonchev–Trinajstić information content (AvgIpc) is 2.41. The predicted octanol–water partition coefficient (Wildman–Crippen LogP) is 3.95. The summed E-state index contributed by atoms with van der Waals surface area (Å²) >= 11 is 5.75. The number of nitrogens with one attached hydrogen (secondary N) is 1. The molecule has 0 aromatic heterocycles. The first-order valence-corrected chi connectivity index (χ1v) is 7.41. The van der Waals surface area contributed by atoms with E-state index in [1.165, 1.54) is 18.2 Å². The van der Waals surface area contributed by atoms with Crippen LogP contribution in [0.2, 0.25) is 5.02 Å². The number of nitrogens with zero attached hydrogens (tertiary/aromatic N) is 1. The fourth-order valence-electron chi connectivity index (χ4n) is 2.61. The van der Waals surface area contributed by atoms with Crippen molar-refractivity contribution in [1.29, 1.82) is 0 Å². The molecule has 0 heterocycles. The highest BCUT2D eigenvalue weighted by molar-refractivity contribution is 6.32. The summed E-state index contributed by atoms with van der Waals surface area (Å²) in [4.78, 5) is 22.4. The Hall–Kier alpha value is -1.62. The van der Waals surface area contributed by atoms with Gasteiger partial charge in [0.15, 0.2) is 0 Å². The van der Waals surface area contributed by atoms with E-state index in [2.05, 4.69) is 19.2 Å². The molecule has 0 unspecified atom stereocenters. The minimum absolute atomic E-state index is 0.0379. The summed E-state index contributed by atoms with van der Waals surface area (Å²) in [5.41, 5.74) is 0.366. The molecule has 114 valence electrons. The van der Waals surface area contributed by atoms with Crippen LogP contribution >= 0.6 is 11.6 Å². The lowest BCUT2D eigenvalue weighted by Crippen LogP contribution is -2.39. The molecule has 1 aromatic rings. The number of benzene rings is 1.